The molecule has 0 saturated carbocycles. The van der Waals surface area contributed by atoms with E-state index in [-0.39, 0.29) is 5.41 Å². The van der Waals surface area contributed by atoms with E-state index in [1.54, 1.807) is 0 Å². The van der Waals surface area contributed by atoms with Gasteiger partial charge in [0.2, 0.25) is 5.69 Å². The third-order valence-corrected chi connectivity index (χ3v) is 8.06. The SMILES string of the molecule is CCN1/C(=C/C2=CC(=C\c3c4ccccc4c(C)c[n+]3CC)/CC(C)(C)C2)Sc2ccccc21. The van der Waals surface area contributed by atoms with Crippen LogP contribution >= 0.6 is 11.8 Å². The Morgan fingerprint density at radius 2 is 1.71 bits per heavy atom. The van der Waals surface area contributed by atoms with Gasteiger partial charge in [-0.1, -0.05) is 62.0 Å². The standard InChI is InChI=1S/C31H35N2S/c1-6-32-21-22(3)25-12-8-9-13-26(25)28(32)17-23-16-24(20-31(4,5)19-23)18-30-33(7-2)27-14-10-11-15-29(27)34-30/h8-18,21H,6-7,19-20H2,1-5H3/q+1. The van der Waals surface area contributed by atoms with E-state index < -0.39 is 0 Å². The second-order valence-electron chi connectivity index (χ2n) is 10.3. The Labute approximate surface area is 208 Å². The van der Waals surface area contributed by atoms with Gasteiger partial charge in [-0.2, -0.15) is 4.57 Å². The van der Waals surface area contributed by atoms with Crippen LogP contribution in [0, 0.1) is 12.3 Å². The van der Waals surface area contributed by atoms with Crippen molar-refractivity contribution in [2.24, 2.45) is 5.41 Å². The molecule has 0 spiro atoms. The smallest absolute Gasteiger partial charge is 0.213 e. The zero-order valence-electron chi connectivity index (χ0n) is 21.1. The van der Waals surface area contributed by atoms with E-state index in [1.807, 2.05) is 11.8 Å². The number of aromatic nitrogens is 1. The normalized spacial score (nSPS) is 19.7. The van der Waals surface area contributed by atoms with Gasteiger partial charge in [0.05, 0.1) is 16.1 Å². The lowest BCUT2D eigenvalue weighted by Gasteiger charge is -2.31. The Morgan fingerprint density at radius 1 is 0.971 bits per heavy atom. The zero-order valence-corrected chi connectivity index (χ0v) is 21.9. The van der Waals surface area contributed by atoms with Crippen molar-refractivity contribution < 1.29 is 4.57 Å². The summed E-state index contributed by atoms with van der Waals surface area (Å²) in [5.41, 5.74) is 7.07. The predicted octanol–water partition coefficient (Wildman–Crippen LogP) is 8.06. The fraction of sp³-hybridized carbons (Fsp3) is 0.323. The number of nitrogens with zero attached hydrogens (tertiary/aromatic N) is 2. The number of allylic oxidation sites excluding steroid dienone is 4. The summed E-state index contributed by atoms with van der Waals surface area (Å²) in [6.07, 6.45) is 11.8. The van der Waals surface area contributed by atoms with Gasteiger partial charge in [-0.15, -0.1) is 0 Å². The largest absolute Gasteiger partial charge is 0.335 e. The predicted molar refractivity (Wildman–Crippen MR) is 147 cm³/mol. The topological polar surface area (TPSA) is 7.12 Å². The number of rotatable bonds is 4. The van der Waals surface area contributed by atoms with E-state index in [4.69, 9.17) is 0 Å². The number of aryl methyl sites for hydroxylation is 2. The molecule has 2 nitrogen and oxygen atoms in total. The summed E-state index contributed by atoms with van der Waals surface area (Å²) < 4.78 is 2.40. The quantitative estimate of drug-likeness (QED) is 0.358. The second-order valence-corrected chi connectivity index (χ2v) is 11.3. The molecule has 3 aromatic rings. The summed E-state index contributed by atoms with van der Waals surface area (Å²) >= 11 is 1.90. The molecule has 0 N–H and O–H groups in total. The van der Waals surface area contributed by atoms with E-state index in [9.17, 15) is 0 Å². The van der Waals surface area contributed by atoms with E-state index in [1.165, 1.54) is 48.8 Å². The molecule has 1 aliphatic heterocycles. The average molecular weight is 468 g/mol. The summed E-state index contributed by atoms with van der Waals surface area (Å²) in [6, 6.07) is 17.6. The van der Waals surface area contributed by atoms with Crippen LogP contribution in [0.3, 0.4) is 0 Å². The molecular weight excluding hydrogens is 432 g/mol. The van der Waals surface area contributed by atoms with Crippen molar-refractivity contribution in [3.63, 3.8) is 0 Å². The average Bonchev–Trinajstić information content (AvgIpc) is 3.16. The summed E-state index contributed by atoms with van der Waals surface area (Å²) in [5, 5.41) is 4.03. The monoisotopic (exact) mass is 467 g/mol. The number of benzene rings is 2. The number of hydrogen-bond donors (Lipinski definition) is 0. The van der Waals surface area contributed by atoms with Gasteiger partial charge in [0, 0.05) is 23.1 Å². The highest BCUT2D eigenvalue weighted by atomic mass is 32.2. The Kier molecular flexibility index (Phi) is 6.16. The van der Waals surface area contributed by atoms with Crippen molar-refractivity contribution >= 4 is 34.3 Å². The van der Waals surface area contributed by atoms with Gasteiger partial charge in [-0.05, 0) is 79.8 Å². The molecule has 2 aliphatic rings. The van der Waals surface area contributed by atoms with Gasteiger partial charge in [0.1, 0.15) is 6.54 Å². The highest BCUT2D eigenvalue weighted by Crippen LogP contribution is 2.47. The van der Waals surface area contributed by atoms with Crippen molar-refractivity contribution in [3.05, 3.63) is 94.3 Å². The van der Waals surface area contributed by atoms with Crippen molar-refractivity contribution in [2.45, 2.75) is 58.9 Å². The molecule has 1 aromatic heterocycles. The molecule has 2 aromatic carbocycles. The van der Waals surface area contributed by atoms with Crippen LogP contribution < -0.4 is 9.47 Å². The van der Waals surface area contributed by atoms with E-state index in [2.05, 4.69) is 117 Å². The molecule has 1 aliphatic carbocycles. The van der Waals surface area contributed by atoms with Gasteiger partial charge < -0.3 is 4.90 Å². The van der Waals surface area contributed by atoms with Crippen molar-refractivity contribution in [1.82, 2.24) is 0 Å². The second kappa shape index (κ2) is 9.11. The van der Waals surface area contributed by atoms with Crippen LogP contribution in [0.2, 0.25) is 0 Å². The van der Waals surface area contributed by atoms with Gasteiger partial charge in [-0.25, -0.2) is 0 Å². The zero-order chi connectivity index (χ0) is 23.9. The minimum atomic E-state index is 0.234. The molecular formula is C31H35N2S+. The fourth-order valence-corrected chi connectivity index (χ4v) is 6.72. The van der Waals surface area contributed by atoms with E-state index >= 15 is 0 Å². The van der Waals surface area contributed by atoms with Crippen molar-refractivity contribution in [1.29, 1.82) is 0 Å². The van der Waals surface area contributed by atoms with Crippen LogP contribution in [0.5, 0.6) is 0 Å². The lowest BCUT2D eigenvalue weighted by atomic mass is 9.75. The highest BCUT2D eigenvalue weighted by molar-refractivity contribution is 8.03. The Morgan fingerprint density at radius 3 is 2.47 bits per heavy atom. The minimum Gasteiger partial charge on any atom is -0.335 e. The number of fused-ring (bicyclic) bond motifs is 2. The Balaban J connectivity index is 1.59. The number of pyridine rings is 1. The van der Waals surface area contributed by atoms with E-state index in [0.29, 0.717) is 0 Å². The maximum absolute atomic E-state index is 2.45. The Hall–Kier alpha value is -2.78. The summed E-state index contributed by atoms with van der Waals surface area (Å²) in [5.74, 6) is 0. The maximum Gasteiger partial charge on any atom is 0.213 e. The van der Waals surface area contributed by atoms with Crippen LogP contribution in [-0.4, -0.2) is 6.54 Å². The lowest BCUT2D eigenvalue weighted by Crippen LogP contribution is -2.36. The molecule has 0 fully saturated rings. The first-order valence-electron chi connectivity index (χ1n) is 12.5. The Bertz CT molecular complexity index is 1340. The summed E-state index contributed by atoms with van der Waals surface area (Å²) in [6.45, 7) is 13.5. The molecule has 5 rings (SSSR count). The summed E-state index contributed by atoms with van der Waals surface area (Å²) in [4.78, 5) is 3.81. The maximum atomic E-state index is 2.45. The molecule has 34 heavy (non-hydrogen) atoms. The number of para-hydroxylation sites is 1. The first-order valence-corrected chi connectivity index (χ1v) is 13.3. The van der Waals surface area contributed by atoms with Crippen LogP contribution in [0.15, 0.2) is 88.0 Å². The third-order valence-electron chi connectivity index (χ3n) is 6.95. The van der Waals surface area contributed by atoms with Crippen LogP contribution in [-0.2, 0) is 6.54 Å². The van der Waals surface area contributed by atoms with Crippen LogP contribution in [0.1, 0.15) is 51.8 Å². The highest BCUT2D eigenvalue weighted by Gasteiger charge is 2.28. The van der Waals surface area contributed by atoms with Crippen molar-refractivity contribution in [3.8, 4) is 0 Å². The number of anilines is 1. The molecule has 0 atom stereocenters. The molecule has 0 bridgehead atoms. The van der Waals surface area contributed by atoms with Crippen LogP contribution in [0.25, 0.3) is 16.8 Å². The minimum absolute atomic E-state index is 0.234. The first kappa shape index (κ1) is 23.0. The number of hydrogen-bond acceptors (Lipinski definition) is 2. The van der Waals surface area contributed by atoms with Crippen molar-refractivity contribution in [2.75, 3.05) is 11.4 Å². The summed E-state index contributed by atoms with van der Waals surface area (Å²) in [7, 11) is 0. The van der Waals surface area contributed by atoms with Crippen LogP contribution in [0.4, 0.5) is 5.69 Å². The third kappa shape index (κ3) is 4.34. The molecule has 0 amide bonds. The molecule has 2 heterocycles. The molecule has 0 radical (unpaired) electrons. The molecule has 0 unspecified atom stereocenters. The van der Waals surface area contributed by atoms with Gasteiger partial charge in [-0.3, -0.25) is 0 Å². The molecule has 3 heteroatoms. The molecule has 0 saturated heterocycles. The van der Waals surface area contributed by atoms with Gasteiger partial charge in [0.15, 0.2) is 6.20 Å². The van der Waals surface area contributed by atoms with E-state index in [0.717, 1.165) is 25.9 Å². The fourth-order valence-electron chi connectivity index (χ4n) is 5.51. The first-order chi connectivity index (χ1) is 16.4. The number of thioether (sulfide) groups is 1. The van der Waals surface area contributed by atoms with Gasteiger partial charge in [0.25, 0.3) is 0 Å². The lowest BCUT2D eigenvalue weighted by molar-refractivity contribution is -0.694. The van der Waals surface area contributed by atoms with Gasteiger partial charge >= 0.3 is 0 Å². The molecule has 174 valence electrons.